The van der Waals surface area contributed by atoms with Gasteiger partial charge in [0.2, 0.25) is 0 Å². The summed E-state index contributed by atoms with van der Waals surface area (Å²) in [6.45, 7) is 15.5. The third-order valence-corrected chi connectivity index (χ3v) is 6.77. The normalized spacial score (nSPS) is 29.7. The van der Waals surface area contributed by atoms with E-state index in [0.717, 1.165) is 18.7 Å². The zero-order chi connectivity index (χ0) is 19.9. The van der Waals surface area contributed by atoms with Crippen molar-refractivity contribution in [1.29, 1.82) is 0 Å². The van der Waals surface area contributed by atoms with Crippen LogP contribution in [-0.2, 0) is 5.60 Å². The summed E-state index contributed by atoms with van der Waals surface area (Å²) in [4.78, 5) is 2.58. The Balaban J connectivity index is 1.69. The standard InChI is InChI=1S/C25H37NO/c1-22(2,3)25(27,20-12-8-7-9-13-20)14-10-11-15-26-19-24(6)17-21(26)16-23(4,5)18-24/h7-9,12-13,21,27H,14-19H2,1-6H3/t21-,24+,25-/m0/s1. The van der Waals surface area contributed by atoms with Crippen LogP contribution in [0.5, 0.6) is 0 Å². The van der Waals surface area contributed by atoms with Crippen molar-refractivity contribution in [2.24, 2.45) is 16.2 Å². The van der Waals surface area contributed by atoms with E-state index in [1.165, 1.54) is 19.3 Å². The van der Waals surface area contributed by atoms with Gasteiger partial charge in [0.05, 0.1) is 6.54 Å². The maximum atomic E-state index is 11.5. The van der Waals surface area contributed by atoms with E-state index in [-0.39, 0.29) is 5.41 Å². The molecular formula is C25H37NO. The molecule has 0 aromatic heterocycles. The molecule has 2 bridgehead atoms. The van der Waals surface area contributed by atoms with E-state index in [9.17, 15) is 5.11 Å². The lowest BCUT2D eigenvalue weighted by atomic mass is 9.65. The maximum absolute atomic E-state index is 11.5. The van der Waals surface area contributed by atoms with Crippen LogP contribution in [0, 0.1) is 28.1 Å². The van der Waals surface area contributed by atoms with Crippen LogP contribution in [0.2, 0.25) is 0 Å². The zero-order valence-electron chi connectivity index (χ0n) is 18.1. The van der Waals surface area contributed by atoms with Crippen LogP contribution in [0.4, 0.5) is 0 Å². The summed E-state index contributed by atoms with van der Waals surface area (Å²) in [7, 11) is 0. The zero-order valence-corrected chi connectivity index (χ0v) is 18.1. The molecule has 3 rings (SSSR count). The average molecular weight is 368 g/mol. The minimum atomic E-state index is -0.934. The van der Waals surface area contributed by atoms with E-state index < -0.39 is 5.60 Å². The third kappa shape index (κ3) is 4.25. The van der Waals surface area contributed by atoms with Crippen LogP contribution in [0.15, 0.2) is 30.3 Å². The summed E-state index contributed by atoms with van der Waals surface area (Å²) >= 11 is 0. The minimum absolute atomic E-state index is 0.273. The molecule has 0 spiro atoms. The first-order valence-electron chi connectivity index (χ1n) is 10.4. The molecule has 148 valence electrons. The molecule has 2 heteroatoms. The second-order valence-electron chi connectivity index (χ2n) is 11.1. The molecule has 0 amide bonds. The highest BCUT2D eigenvalue weighted by Crippen LogP contribution is 2.52. The number of benzene rings is 1. The van der Waals surface area contributed by atoms with Crippen molar-refractivity contribution >= 4 is 0 Å². The van der Waals surface area contributed by atoms with Gasteiger partial charge in [-0.05, 0) is 41.1 Å². The molecule has 0 unspecified atom stereocenters. The molecule has 1 heterocycles. The minimum Gasteiger partial charge on any atom is -0.384 e. The van der Waals surface area contributed by atoms with Gasteiger partial charge in [-0.3, -0.25) is 4.90 Å². The molecule has 1 aromatic carbocycles. The number of hydrogen-bond acceptors (Lipinski definition) is 2. The summed E-state index contributed by atoms with van der Waals surface area (Å²) in [5.41, 5.74) is 0.642. The molecule has 2 aliphatic rings. The molecule has 3 atom stereocenters. The molecule has 1 N–H and O–H groups in total. The summed E-state index contributed by atoms with van der Waals surface area (Å²) in [6.07, 6.45) is 4.38. The fourth-order valence-corrected chi connectivity index (χ4v) is 5.62. The predicted molar refractivity (Wildman–Crippen MR) is 113 cm³/mol. The summed E-state index contributed by atoms with van der Waals surface area (Å²) < 4.78 is 0. The highest BCUT2D eigenvalue weighted by Gasteiger charge is 2.49. The predicted octanol–water partition coefficient (Wildman–Crippen LogP) is 5.21. The number of nitrogens with zero attached hydrogens (tertiary/aromatic N) is 1. The van der Waals surface area contributed by atoms with Crippen molar-refractivity contribution in [3.8, 4) is 11.8 Å². The Bertz CT molecular complexity index is 720. The number of rotatable bonds is 3. The summed E-state index contributed by atoms with van der Waals surface area (Å²) in [5, 5.41) is 11.5. The molecule has 2 nitrogen and oxygen atoms in total. The van der Waals surface area contributed by atoms with Crippen LogP contribution >= 0.6 is 0 Å². The molecule has 1 saturated carbocycles. The first-order valence-corrected chi connectivity index (χ1v) is 10.4. The smallest absolute Gasteiger partial charge is 0.105 e. The van der Waals surface area contributed by atoms with Crippen molar-refractivity contribution in [3.63, 3.8) is 0 Å². The van der Waals surface area contributed by atoms with Gasteiger partial charge in [0.1, 0.15) is 5.60 Å². The SMILES string of the molecule is CC1(C)C[C@H]2C[C@@](C)(CN2CC#CC[C@](O)(c2ccccc2)C(C)(C)C)C1. The summed E-state index contributed by atoms with van der Waals surface area (Å²) in [6, 6.07) is 10.7. The Hall–Kier alpha value is -1.30. The number of aliphatic hydroxyl groups is 1. The second-order valence-corrected chi connectivity index (χ2v) is 11.1. The third-order valence-electron chi connectivity index (χ3n) is 6.77. The Morgan fingerprint density at radius 2 is 1.74 bits per heavy atom. The molecule has 27 heavy (non-hydrogen) atoms. The van der Waals surface area contributed by atoms with E-state index in [1.54, 1.807) is 0 Å². The van der Waals surface area contributed by atoms with Crippen LogP contribution < -0.4 is 0 Å². The van der Waals surface area contributed by atoms with Gasteiger partial charge in [-0.15, -0.1) is 0 Å². The van der Waals surface area contributed by atoms with Gasteiger partial charge in [-0.2, -0.15) is 0 Å². The highest BCUT2D eigenvalue weighted by atomic mass is 16.3. The lowest BCUT2D eigenvalue weighted by molar-refractivity contribution is -0.0599. The molecule has 0 radical (unpaired) electrons. The molecule has 1 aromatic rings. The molecular weight excluding hydrogens is 330 g/mol. The van der Waals surface area contributed by atoms with Gasteiger partial charge in [-0.25, -0.2) is 0 Å². The Morgan fingerprint density at radius 1 is 1.07 bits per heavy atom. The lowest BCUT2D eigenvalue weighted by Crippen LogP contribution is -2.39. The Morgan fingerprint density at radius 3 is 2.37 bits per heavy atom. The fourth-order valence-electron chi connectivity index (χ4n) is 5.62. The van der Waals surface area contributed by atoms with Crippen LogP contribution in [0.3, 0.4) is 0 Å². The number of likely N-dealkylation sites (tertiary alicyclic amines) is 1. The maximum Gasteiger partial charge on any atom is 0.105 e. The Labute approximate surface area is 166 Å². The molecule has 1 saturated heterocycles. The first-order chi connectivity index (χ1) is 12.4. The second kappa shape index (κ2) is 6.94. The van der Waals surface area contributed by atoms with Gasteiger partial charge in [0, 0.05) is 19.0 Å². The largest absolute Gasteiger partial charge is 0.384 e. The van der Waals surface area contributed by atoms with E-state index in [0.29, 0.717) is 23.3 Å². The first kappa shape index (κ1) is 20.4. The quantitative estimate of drug-likeness (QED) is 0.741. The van der Waals surface area contributed by atoms with Crippen LogP contribution in [-0.4, -0.2) is 29.1 Å². The van der Waals surface area contributed by atoms with Crippen LogP contribution in [0.25, 0.3) is 0 Å². The lowest BCUT2D eigenvalue weighted by Gasteiger charge is -2.40. The molecule has 2 fully saturated rings. The van der Waals surface area contributed by atoms with Crippen LogP contribution in [0.1, 0.15) is 72.8 Å². The van der Waals surface area contributed by atoms with E-state index >= 15 is 0 Å². The van der Waals surface area contributed by atoms with E-state index in [2.05, 4.69) is 58.3 Å². The molecule has 1 aliphatic carbocycles. The average Bonchev–Trinajstić information content (AvgIpc) is 2.79. The van der Waals surface area contributed by atoms with Gasteiger partial charge in [0.25, 0.3) is 0 Å². The number of hydrogen-bond donors (Lipinski definition) is 1. The number of fused-ring (bicyclic) bond motifs is 2. The fraction of sp³-hybridized carbons (Fsp3) is 0.680. The highest BCUT2D eigenvalue weighted by molar-refractivity contribution is 5.27. The van der Waals surface area contributed by atoms with Crippen molar-refractivity contribution < 1.29 is 5.11 Å². The van der Waals surface area contributed by atoms with Crippen molar-refractivity contribution in [2.75, 3.05) is 13.1 Å². The Kier molecular flexibility index (Phi) is 5.26. The van der Waals surface area contributed by atoms with Gasteiger partial charge in [-0.1, -0.05) is 83.7 Å². The van der Waals surface area contributed by atoms with Gasteiger partial charge < -0.3 is 5.11 Å². The van der Waals surface area contributed by atoms with E-state index in [1.807, 2.05) is 30.3 Å². The molecule has 1 aliphatic heterocycles. The van der Waals surface area contributed by atoms with E-state index in [4.69, 9.17) is 0 Å². The van der Waals surface area contributed by atoms with Gasteiger partial charge in [0.15, 0.2) is 0 Å². The van der Waals surface area contributed by atoms with Crippen molar-refractivity contribution in [2.45, 2.75) is 78.9 Å². The monoisotopic (exact) mass is 367 g/mol. The van der Waals surface area contributed by atoms with Gasteiger partial charge >= 0.3 is 0 Å². The van der Waals surface area contributed by atoms with Crippen molar-refractivity contribution in [3.05, 3.63) is 35.9 Å². The van der Waals surface area contributed by atoms with Crippen molar-refractivity contribution in [1.82, 2.24) is 4.90 Å². The topological polar surface area (TPSA) is 23.5 Å². The summed E-state index contributed by atoms with van der Waals surface area (Å²) in [5.74, 6) is 6.73.